The predicted molar refractivity (Wildman–Crippen MR) is 46.9 cm³/mol. The van der Waals surface area contributed by atoms with Crippen molar-refractivity contribution in [1.82, 2.24) is 4.98 Å². The van der Waals surface area contributed by atoms with Crippen LogP contribution in [-0.2, 0) is 0 Å². The maximum absolute atomic E-state index is 5.79. The highest BCUT2D eigenvalue weighted by Gasteiger charge is 2.05. The monoisotopic (exact) mass is 190 g/mol. The first-order valence-electron chi connectivity index (χ1n) is 3.18. The number of hydrogen-bond acceptors (Lipinski definition) is 2. The molecule has 1 unspecified atom stereocenters. The number of aromatic nitrogens is 1. The molecule has 0 radical (unpaired) electrons. The van der Waals surface area contributed by atoms with E-state index in [-0.39, 0.29) is 6.04 Å². The van der Waals surface area contributed by atoms with E-state index in [1.807, 2.05) is 6.92 Å². The van der Waals surface area contributed by atoms with Crippen molar-refractivity contribution in [2.75, 3.05) is 0 Å². The van der Waals surface area contributed by atoms with Crippen LogP contribution in [0.1, 0.15) is 18.5 Å². The lowest BCUT2D eigenvalue weighted by molar-refractivity contribution is 0.816. The summed E-state index contributed by atoms with van der Waals surface area (Å²) in [6, 6.07) is 1.57. The average Bonchev–Trinajstić information content (AvgIpc) is 1.94. The first kappa shape index (κ1) is 8.78. The van der Waals surface area contributed by atoms with E-state index in [0.717, 1.165) is 5.56 Å². The minimum atomic E-state index is -0.108. The molecule has 0 aromatic carbocycles. The van der Waals surface area contributed by atoms with Gasteiger partial charge in [0.15, 0.2) is 0 Å². The van der Waals surface area contributed by atoms with Crippen LogP contribution in [0.2, 0.25) is 10.2 Å². The highest BCUT2D eigenvalue weighted by molar-refractivity contribution is 6.32. The van der Waals surface area contributed by atoms with E-state index < -0.39 is 0 Å². The molecule has 60 valence electrons. The van der Waals surface area contributed by atoms with Crippen molar-refractivity contribution in [3.63, 3.8) is 0 Å². The van der Waals surface area contributed by atoms with Crippen LogP contribution in [0.3, 0.4) is 0 Å². The molecule has 1 aromatic rings. The number of hydrogen-bond donors (Lipinski definition) is 1. The molecule has 0 fully saturated rings. The van der Waals surface area contributed by atoms with E-state index in [4.69, 9.17) is 28.9 Å². The van der Waals surface area contributed by atoms with Crippen molar-refractivity contribution >= 4 is 23.2 Å². The Hall–Kier alpha value is -0.310. The molecule has 4 heteroatoms. The zero-order chi connectivity index (χ0) is 8.43. The quantitative estimate of drug-likeness (QED) is 0.692. The summed E-state index contributed by atoms with van der Waals surface area (Å²) >= 11 is 11.4. The maximum Gasteiger partial charge on any atom is 0.129 e. The van der Waals surface area contributed by atoms with Gasteiger partial charge in [-0.25, -0.2) is 4.98 Å². The minimum absolute atomic E-state index is 0.108. The maximum atomic E-state index is 5.79. The fraction of sp³-hybridized carbons (Fsp3) is 0.286. The van der Waals surface area contributed by atoms with E-state index >= 15 is 0 Å². The Morgan fingerprint density at radius 2 is 2.18 bits per heavy atom. The average molecular weight is 191 g/mol. The lowest BCUT2D eigenvalue weighted by atomic mass is 10.1. The number of nitrogens with two attached hydrogens (primary N) is 1. The summed E-state index contributed by atoms with van der Waals surface area (Å²) in [5, 5.41) is 0.978. The van der Waals surface area contributed by atoms with Gasteiger partial charge < -0.3 is 5.73 Å². The molecular formula is C7H8Cl2N2. The van der Waals surface area contributed by atoms with Crippen LogP contribution < -0.4 is 5.73 Å². The van der Waals surface area contributed by atoms with Crippen LogP contribution in [0, 0.1) is 0 Å². The second kappa shape index (κ2) is 3.39. The first-order chi connectivity index (χ1) is 5.11. The molecule has 1 aromatic heterocycles. The van der Waals surface area contributed by atoms with Gasteiger partial charge in [-0.1, -0.05) is 23.2 Å². The van der Waals surface area contributed by atoms with Crippen LogP contribution in [0.15, 0.2) is 12.3 Å². The van der Waals surface area contributed by atoms with Gasteiger partial charge in [0.05, 0.1) is 5.02 Å². The molecule has 0 bridgehead atoms. The van der Waals surface area contributed by atoms with Crippen molar-refractivity contribution in [1.29, 1.82) is 0 Å². The van der Waals surface area contributed by atoms with Crippen molar-refractivity contribution < 1.29 is 0 Å². The van der Waals surface area contributed by atoms with Crippen molar-refractivity contribution in [2.24, 2.45) is 5.73 Å². The molecule has 1 atom stereocenters. The van der Waals surface area contributed by atoms with Crippen molar-refractivity contribution in [2.45, 2.75) is 13.0 Å². The molecule has 2 N–H and O–H groups in total. The molecule has 2 nitrogen and oxygen atoms in total. The van der Waals surface area contributed by atoms with Gasteiger partial charge in [0.25, 0.3) is 0 Å². The highest BCUT2D eigenvalue weighted by Crippen LogP contribution is 2.22. The molecule has 11 heavy (non-hydrogen) atoms. The Bertz CT molecular complexity index is 261. The third kappa shape index (κ3) is 2.06. The molecule has 1 rings (SSSR count). The lowest BCUT2D eigenvalue weighted by Gasteiger charge is -2.06. The van der Waals surface area contributed by atoms with Crippen LogP contribution >= 0.6 is 23.2 Å². The van der Waals surface area contributed by atoms with Crippen LogP contribution in [0.5, 0.6) is 0 Å². The summed E-state index contributed by atoms with van der Waals surface area (Å²) in [5.41, 5.74) is 6.44. The fourth-order valence-electron chi connectivity index (χ4n) is 0.776. The zero-order valence-corrected chi connectivity index (χ0v) is 7.52. The number of nitrogens with zero attached hydrogens (tertiary/aromatic N) is 1. The first-order valence-corrected chi connectivity index (χ1v) is 3.93. The van der Waals surface area contributed by atoms with E-state index in [1.165, 1.54) is 6.20 Å². The second-order valence-corrected chi connectivity index (χ2v) is 3.11. The summed E-state index contributed by atoms with van der Waals surface area (Å²) in [7, 11) is 0. The van der Waals surface area contributed by atoms with Crippen molar-refractivity contribution in [3.05, 3.63) is 28.0 Å². The Kier molecular flexibility index (Phi) is 2.71. The van der Waals surface area contributed by atoms with Crippen molar-refractivity contribution in [3.8, 4) is 0 Å². The van der Waals surface area contributed by atoms with Gasteiger partial charge in [-0.15, -0.1) is 0 Å². The minimum Gasteiger partial charge on any atom is -0.324 e. The van der Waals surface area contributed by atoms with E-state index in [2.05, 4.69) is 4.98 Å². The predicted octanol–water partition coefficient (Wildman–Crippen LogP) is 2.41. The van der Waals surface area contributed by atoms with Gasteiger partial charge in [0, 0.05) is 12.2 Å². The number of pyridine rings is 1. The highest BCUT2D eigenvalue weighted by atomic mass is 35.5. The van der Waals surface area contributed by atoms with Gasteiger partial charge >= 0.3 is 0 Å². The third-order valence-electron chi connectivity index (χ3n) is 1.34. The van der Waals surface area contributed by atoms with Crippen LogP contribution in [-0.4, -0.2) is 4.98 Å². The summed E-state index contributed by atoms with van der Waals surface area (Å²) in [4.78, 5) is 3.80. The summed E-state index contributed by atoms with van der Waals surface area (Å²) < 4.78 is 0. The molecule has 0 saturated carbocycles. The molecule has 0 spiro atoms. The van der Waals surface area contributed by atoms with E-state index in [0.29, 0.717) is 10.2 Å². The molecule has 0 amide bonds. The number of rotatable bonds is 1. The summed E-state index contributed by atoms with van der Waals surface area (Å²) in [6.07, 6.45) is 1.50. The Morgan fingerprint density at radius 1 is 1.55 bits per heavy atom. The molecule has 0 aliphatic rings. The topological polar surface area (TPSA) is 38.9 Å². The summed E-state index contributed by atoms with van der Waals surface area (Å²) in [5.74, 6) is 0. The fourth-order valence-corrected chi connectivity index (χ4v) is 1.22. The largest absolute Gasteiger partial charge is 0.324 e. The Morgan fingerprint density at radius 3 is 2.64 bits per heavy atom. The number of halogens is 2. The van der Waals surface area contributed by atoms with Gasteiger partial charge in [0.2, 0.25) is 0 Å². The van der Waals surface area contributed by atoms with E-state index in [9.17, 15) is 0 Å². The molecule has 0 aliphatic heterocycles. The SMILES string of the molecule is CC(N)c1cc(Cl)ncc1Cl. The summed E-state index contributed by atoms with van der Waals surface area (Å²) in [6.45, 7) is 1.84. The van der Waals surface area contributed by atoms with Gasteiger partial charge in [-0.3, -0.25) is 0 Å². The van der Waals surface area contributed by atoms with Crippen LogP contribution in [0.4, 0.5) is 0 Å². The van der Waals surface area contributed by atoms with Gasteiger partial charge in [-0.2, -0.15) is 0 Å². The standard InChI is InChI=1S/C7H8Cl2N2/c1-4(10)5-2-7(9)11-3-6(5)8/h2-4H,10H2,1H3. The normalized spacial score (nSPS) is 13.1. The Labute approximate surface area is 75.3 Å². The zero-order valence-electron chi connectivity index (χ0n) is 6.01. The molecule has 0 aliphatic carbocycles. The molecular weight excluding hydrogens is 183 g/mol. The van der Waals surface area contributed by atoms with Gasteiger partial charge in [0.1, 0.15) is 5.15 Å². The van der Waals surface area contributed by atoms with Crippen LogP contribution in [0.25, 0.3) is 0 Å². The smallest absolute Gasteiger partial charge is 0.129 e. The molecule has 1 heterocycles. The third-order valence-corrected chi connectivity index (χ3v) is 1.86. The Balaban J connectivity index is 3.13. The lowest BCUT2D eigenvalue weighted by Crippen LogP contribution is -2.05. The molecule has 0 saturated heterocycles. The van der Waals surface area contributed by atoms with Gasteiger partial charge in [-0.05, 0) is 18.6 Å². The van der Waals surface area contributed by atoms with E-state index in [1.54, 1.807) is 6.07 Å². The second-order valence-electron chi connectivity index (χ2n) is 2.32.